The van der Waals surface area contributed by atoms with Crippen LogP contribution in [0.2, 0.25) is 0 Å². The maximum absolute atomic E-state index is 12.4. The summed E-state index contributed by atoms with van der Waals surface area (Å²) >= 11 is 0. The van der Waals surface area contributed by atoms with Gasteiger partial charge in [0.1, 0.15) is 24.7 Å². The lowest BCUT2D eigenvalue weighted by Crippen LogP contribution is -2.32. The number of ether oxygens (including phenoxy) is 2. The number of allylic oxidation sites excluding steroid dienone is 4. The number of nitrogen functional groups attached to an aromatic ring is 1. The number of amides is 1. The quantitative estimate of drug-likeness (QED) is 0.262. The minimum absolute atomic E-state index is 0.0888. The Morgan fingerprint density at radius 2 is 2.08 bits per heavy atom. The molecule has 0 radical (unpaired) electrons. The molecule has 2 aliphatic heterocycles. The number of fused-ring (bicyclic) bond motifs is 1. The predicted molar refractivity (Wildman–Crippen MR) is 148 cm³/mol. The van der Waals surface area contributed by atoms with E-state index in [9.17, 15) is 4.79 Å². The first kappa shape index (κ1) is 26.7. The molecule has 1 atom stereocenters. The van der Waals surface area contributed by atoms with E-state index >= 15 is 0 Å². The molecule has 0 aromatic carbocycles. The van der Waals surface area contributed by atoms with Crippen LogP contribution in [0.25, 0.3) is 0 Å². The molecule has 9 heteroatoms. The Bertz CT molecular complexity index is 1060. The monoisotopic (exact) mass is 508 g/mol. The number of carbonyl (C=O) groups is 1. The van der Waals surface area contributed by atoms with E-state index in [-0.39, 0.29) is 24.3 Å². The molecule has 1 saturated heterocycles. The van der Waals surface area contributed by atoms with Crippen molar-refractivity contribution in [3.63, 3.8) is 0 Å². The average molecular weight is 509 g/mol. The van der Waals surface area contributed by atoms with Crippen LogP contribution in [0, 0.1) is 5.92 Å². The predicted octanol–water partition coefficient (Wildman–Crippen LogP) is 4.07. The third-order valence-corrected chi connectivity index (χ3v) is 6.67. The topological polar surface area (TPSA) is 106 Å². The highest BCUT2D eigenvalue weighted by Gasteiger charge is 2.27. The number of hydrogen-bond donors (Lipinski definition) is 2. The fourth-order valence-corrected chi connectivity index (χ4v) is 4.95. The van der Waals surface area contributed by atoms with E-state index in [2.05, 4.69) is 50.2 Å². The summed E-state index contributed by atoms with van der Waals surface area (Å²) in [5.41, 5.74) is 8.09. The maximum Gasteiger partial charge on any atom is 0.320 e. The molecule has 0 saturated carbocycles. The number of anilines is 3. The molecule has 3 heterocycles. The molecule has 1 aromatic rings. The summed E-state index contributed by atoms with van der Waals surface area (Å²) in [6, 6.07) is 0.182. The number of likely N-dealkylation sites (tertiary alicyclic amines) is 1. The zero-order valence-corrected chi connectivity index (χ0v) is 22.1. The van der Waals surface area contributed by atoms with Gasteiger partial charge in [-0.25, -0.2) is 0 Å². The van der Waals surface area contributed by atoms with Crippen molar-refractivity contribution in [3.05, 3.63) is 47.8 Å². The van der Waals surface area contributed by atoms with E-state index in [1.165, 1.54) is 31.5 Å². The molecule has 1 aliphatic carbocycles. The van der Waals surface area contributed by atoms with E-state index in [0.29, 0.717) is 37.0 Å². The van der Waals surface area contributed by atoms with Crippen molar-refractivity contribution in [1.82, 2.24) is 14.9 Å². The summed E-state index contributed by atoms with van der Waals surface area (Å²) in [6.45, 7) is 9.31. The Kier molecular flexibility index (Phi) is 9.59. The second kappa shape index (κ2) is 13.3. The highest BCUT2D eigenvalue weighted by atomic mass is 16.5. The van der Waals surface area contributed by atoms with Gasteiger partial charge in [0.15, 0.2) is 11.6 Å². The molecule has 1 fully saturated rings. The molecule has 3 N–H and O–H groups in total. The van der Waals surface area contributed by atoms with Crippen molar-refractivity contribution in [2.45, 2.75) is 46.0 Å². The number of nitrogens with zero attached hydrogens (tertiary/aromatic N) is 4. The first-order valence-electron chi connectivity index (χ1n) is 13.5. The molecule has 200 valence electrons. The Labute approximate surface area is 220 Å². The molecule has 9 nitrogen and oxygen atoms in total. The van der Waals surface area contributed by atoms with Crippen LogP contribution in [0.1, 0.15) is 46.0 Å². The van der Waals surface area contributed by atoms with Crippen LogP contribution in [-0.4, -0.2) is 66.7 Å². The van der Waals surface area contributed by atoms with Gasteiger partial charge in [0, 0.05) is 26.1 Å². The molecule has 1 amide bonds. The third-order valence-electron chi connectivity index (χ3n) is 6.67. The molecular formula is C28H40N6O3. The minimum atomic E-state index is -0.0888. The van der Waals surface area contributed by atoms with Crippen molar-refractivity contribution in [3.8, 4) is 6.01 Å². The highest BCUT2D eigenvalue weighted by molar-refractivity contribution is 5.98. The molecule has 4 rings (SSSR count). The largest absolute Gasteiger partial charge is 0.490 e. The van der Waals surface area contributed by atoms with Crippen molar-refractivity contribution in [2.75, 3.05) is 61.9 Å². The number of rotatable bonds is 11. The molecular weight excluding hydrogens is 468 g/mol. The molecule has 37 heavy (non-hydrogen) atoms. The summed E-state index contributed by atoms with van der Waals surface area (Å²) in [4.78, 5) is 26.0. The van der Waals surface area contributed by atoms with Crippen molar-refractivity contribution in [1.29, 1.82) is 0 Å². The molecule has 1 aromatic heterocycles. The average Bonchev–Trinajstić information content (AvgIpc) is 3.33. The highest BCUT2D eigenvalue weighted by Crippen LogP contribution is 2.34. The van der Waals surface area contributed by atoms with Crippen LogP contribution >= 0.6 is 0 Å². The smallest absolute Gasteiger partial charge is 0.320 e. The lowest BCUT2D eigenvalue weighted by Gasteiger charge is -2.28. The normalized spacial score (nSPS) is 20.5. The standard InChI is InChI=1S/C28H40N6O3/c1-3-8-23(9-4-2)36-16-17-37-28-31-26(29)25-27(32-28)34(15-12-24(35)30-25)20-22-11-7-10-21(18-22)19-33-13-5-6-14-33/h3,7-10,18,22H,4-6,11-17,19-20H2,1-2H3,(H,30,35)(H2,29,31,32). The molecule has 1 unspecified atom stereocenters. The molecule has 0 bridgehead atoms. The summed E-state index contributed by atoms with van der Waals surface area (Å²) in [5, 5.41) is 2.89. The van der Waals surface area contributed by atoms with E-state index in [0.717, 1.165) is 31.7 Å². The number of aromatic nitrogens is 2. The van der Waals surface area contributed by atoms with Crippen molar-refractivity contribution < 1.29 is 14.3 Å². The minimum Gasteiger partial charge on any atom is -0.490 e. The van der Waals surface area contributed by atoms with Crippen molar-refractivity contribution in [2.24, 2.45) is 5.92 Å². The Morgan fingerprint density at radius 3 is 2.86 bits per heavy atom. The van der Waals surface area contributed by atoms with Crippen LogP contribution < -0.4 is 20.7 Å². The van der Waals surface area contributed by atoms with Gasteiger partial charge in [-0.05, 0) is 69.3 Å². The lowest BCUT2D eigenvalue weighted by molar-refractivity contribution is -0.115. The number of carbonyl (C=O) groups excluding carboxylic acids is 1. The van der Waals surface area contributed by atoms with Gasteiger partial charge in [0.2, 0.25) is 5.91 Å². The van der Waals surface area contributed by atoms with Gasteiger partial charge < -0.3 is 25.4 Å². The second-order valence-electron chi connectivity index (χ2n) is 9.67. The zero-order valence-electron chi connectivity index (χ0n) is 22.1. The number of hydrogen-bond acceptors (Lipinski definition) is 8. The zero-order chi connectivity index (χ0) is 26.0. The first-order valence-corrected chi connectivity index (χ1v) is 13.5. The van der Waals surface area contributed by atoms with Crippen molar-refractivity contribution >= 4 is 23.2 Å². The summed E-state index contributed by atoms with van der Waals surface area (Å²) in [5.74, 6) is 1.86. The Balaban J connectivity index is 1.44. The summed E-state index contributed by atoms with van der Waals surface area (Å²) < 4.78 is 11.6. The molecule has 3 aliphatic rings. The summed E-state index contributed by atoms with van der Waals surface area (Å²) in [6.07, 6.45) is 17.6. The van der Waals surface area contributed by atoms with Crippen LogP contribution in [0.15, 0.2) is 47.8 Å². The van der Waals surface area contributed by atoms with Gasteiger partial charge in [-0.15, -0.1) is 0 Å². The Morgan fingerprint density at radius 1 is 1.24 bits per heavy atom. The summed E-state index contributed by atoms with van der Waals surface area (Å²) in [7, 11) is 0. The van der Waals surface area contributed by atoms with E-state index in [1.54, 1.807) is 0 Å². The van der Waals surface area contributed by atoms with E-state index in [1.807, 2.05) is 25.2 Å². The SMILES string of the molecule is CC=CC(=CCC)OCCOc1nc(N)c2c(n1)N(CC1C=C(CN3CCCC3)C=CC1)CCC(=O)N2. The number of nitrogens with two attached hydrogens (primary N) is 1. The fraction of sp³-hybridized carbons (Fsp3) is 0.536. The van der Waals surface area contributed by atoms with Crippen LogP contribution in [0.4, 0.5) is 17.3 Å². The fourth-order valence-electron chi connectivity index (χ4n) is 4.95. The van der Waals surface area contributed by atoms with Gasteiger partial charge in [0.05, 0.1) is 0 Å². The third kappa shape index (κ3) is 7.58. The maximum atomic E-state index is 12.4. The lowest BCUT2D eigenvalue weighted by atomic mass is 9.95. The molecule has 0 spiro atoms. The van der Waals surface area contributed by atoms with Crippen LogP contribution in [-0.2, 0) is 9.53 Å². The van der Waals surface area contributed by atoms with Gasteiger partial charge in [-0.3, -0.25) is 9.69 Å². The van der Waals surface area contributed by atoms with Gasteiger partial charge in [-0.1, -0.05) is 31.2 Å². The van der Waals surface area contributed by atoms with Gasteiger partial charge in [-0.2, -0.15) is 9.97 Å². The van der Waals surface area contributed by atoms with Gasteiger partial charge in [0.25, 0.3) is 0 Å². The second-order valence-corrected chi connectivity index (χ2v) is 9.67. The Hall–Kier alpha value is -3.33. The van der Waals surface area contributed by atoms with Crippen LogP contribution in [0.5, 0.6) is 6.01 Å². The van der Waals surface area contributed by atoms with E-state index in [4.69, 9.17) is 15.2 Å². The number of nitrogens with one attached hydrogen (secondary N) is 1. The van der Waals surface area contributed by atoms with Crippen LogP contribution in [0.3, 0.4) is 0 Å². The first-order chi connectivity index (χ1) is 18.1. The van der Waals surface area contributed by atoms with E-state index < -0.39 is 0 Å². The van der Waals surface area contributed by atoms with Gasteiger partial charge >= 0.3 is 6.01 Å².